The Hall–Kier alpha value is -2.34. The van der Waals surface area contributed by atoms with Crippen LogP contribution >= 0.6 is 0 Å². The minimum absolute atomic E-state index is 0.665. The molecule has 0 saturated carbocycles. The van der Waals surface area contributed by atoms with E-state index >= 15 is 0 Å². The molecule has 0 aliphatic heterocycles. The van der Waals surface area contributed by atoms with Crippen LogP contribution in [0.4, 0.5) is 0 Å². The summed E-state index contributed by atoms with van der Waals surface area (Å²) in [6.45, 7) is 0. The molecule has 0 atom stereocenters. The predicted octanol–water partition coefficient (Wildman–Crippen LogP) is -0.324. The van der Waals surface area contributed by atoms with Gasteiger partial charge in [0.05, 0.1) is 14.2 Å². The first-order valence-electron chi connectivity index (χ1n) is 3.33. The molecule has 0 amide bonds. The van der Waals surface area contributed by atoms with Crippen LogP contribution in [0.25, 0.3) is 0 Å². The average molecular weight is 194 g/mol. The topological polar surface area (TPSA) is 100 Å². The number of carbonyl (C=O) groups excluding carboxylic acids is 2. The number of hydrogen-bond donors (Lipinski definition) is 0. The first kappa shape index (κ1) is 11.7. The highest BCUT2D eigenvalue weighted by atomic mass is 16.5. The monoisotopic (exact) mass is 194 g/mol. The largest absolute Gasteiger partial charge is 0.465 e. The molecule has 0 aliphatic carbocycles. The third-order valence-corrected chi connectivity index (χ3v) is 1.25. The summed E-state index contributed by atoms with van der Waals surface area (Å²) in [7, 11) is 2.07. The molecule has 0 bridgehead atoms. The van der Waals surface area contributed by atoms with Crippen LogP contribution in [0.5, 0.6) is 0 Å². The van der Waals surface area contributed by atoms with Gasteiger partial charge in [-0.1, -0.05) is 0 Å². The van der Waals surface area contributed by atoms with Gasteiger partial charge in [0, 0.05) is 0 Å². The van der Waals surface area contributed by atoms with Crippen molar-refractivity contribution < 1.29 is 19.1 Å². The fourth-order valence-electron chi connectivity index (χ4n) is 0.611. The lowest BCUT2D eigenvalue weighted by Crippen LogP contribution is -2.12. The van der Waals surface area contributed by atoms with Crippen LogP contribution in [0, 0.1) is 22.7 Å². The highest BCUT2D eigenvalue weighted by Crippen LogP contribution is 2.06. The first-order valence-corrected chi connectivity index (χ1v) is 3.33. The summed E-state index contributed by atoms with van der Waals surface area (Å²) >= 11 is 0. The zero-order chi connectivity index (χ0) is 11.1. The molecule has 72 valence electrons. The maximum atomic E-state index is 10.9. The average Bonchev–Trinajstić information content (AvgIpc) is 2.23. The van der Waals surface area contributed by atoms with Gasteiger partial charge in [-0.15, -0.1) is 0 Å². The molecule has 6 nitrogen and oxygen atoms in total. The molecule has 0 heterocycles. The van der Waals surface area contributed by atoms with Crippen molar-refractivity contribution in [3.63, 3.8) is 0 Å². The molecular weight excluding hydrogens is 188 g/mol. The lowest BCUT2D eigenvalue weighted by atomic mass is 10.1. The van der Waals surface area contributed by atoms with E-state index in [9.17, 15) is 9.59 Å². The normalized spacial score (nSPS) is 10.3. The standard InChI is InChI=1S/C8H6N2O4/c1-13-7(11)5(3-9)6(4-10)8(12)14-2/h1-2H3. The molecular formula is C8H6N2O4. The fourth-order valence-corrected chi connectivity index (χ4v) is 0.611. The number of esters is 2. The molecule has 0 saturated heterocycles. The molecule has 14 heavy (non-hydrogen) atoms. The molecule has 0 aliphatic rings. The van der Waals surface area contributed by atoms with E-state index in [1.807, 2.05) is 0 Å². The maximum Gasteiger partial charge on any atom is 0.350 e. The number of rotatable bonds is 2. The van der Waals surface area contributed by atoms with Crippen molar-refractivity contribution in [2.24, 2.45) is 0 Å². The second-order valence-corrected chi connectivity index (χ2v) is 1.96. The summed E-state index contributed by atoms with van der Waals surface area (Å²) in [5, 5.41) is 17.0. The quantitative estimate of drug-likeness (QED) is 0.339. The summed E-state index contributed by atoms with van der Waals surface area (Å²) in [5.41, 5.74) is -1.33. The first-order chi connectivity index (χ1) is 6.62. The van der Waals surface area contributed by atoms with E-state index in [2.05, 4.69) is 9.47 Å². The van der Waals surface area contributed by atoms with Gasteiger partial charge >= 0.3 is 11.9 Å². The van der Waals surface area contributed by atoms with E-state index in [0.717, 1.165) is 14.2 Å². The number of carbonyl (C=O) groups is 2. The van der Waals surface area contributed by atoms with Crippen LogP contribution in [0.1, 0.15) is 0 Å². The maximum absolute atomic E-state index is 10.9. The summed E-state index contributed by atoms with van der Waals surface area (Å²) in [6, 6.07) is 2.80. The van der Waals surface area contributed by atoms with Crippen molar-refractivity contribution >= 4 is 11.9 Å². The van der Waals surface area contributed by atoms with Crippen molar-refractivity contribution in [2.45, 2.75) is 0 Å². The van der Waals surface area contributed by atoms with E-state index < -0.39 is 23.1 Å². The molecule has 6 heteroatoms. The minimum atomic E-state index is -1.05. The zero-order valence-corrected chi connectivity index (χ0v) is 7.53. The highest BCUT2D eigenvalue weighted by Gasteiger charge is 2.22. The SMILES string of the molecule is COC(=O)C(C#N)=C(C#N)C(=O)OC. The number of nitriles is 2. The number of hydrogen-bond acceptors (Lipinski definition) is 6. The van der Waals surface area contributed by atoms with Crippen molar-refractivity contribution in [1.29, 1.82) is 10.5 Å². The molecule has 0 rings (SSSR count). The predicted molar refractivity (Wildman–Crippen MR) is 42.3 cm³/mol. The van der Waals surface area contributed by atoms with E-state index in [-0.39, 0.29) is 0 Å². The van der Waals surface area contributed by atoms with Gasteiger partial charge < -0.3 is 9.47 Å². The number of ether oxygens (including phenoxy) is 2. The van der Waals surface area contributed by atoms with Gasteiger partial charge in [-0.2, -0.15) is 10.5 Å². The molecule has 0 aromatic heterocycles. The molecule has 0 N–H and O–H groups in total. The third kappa shape index (κ3) is 2.32. The lowest BCUT2D eigenvalue weighted by molar-refractivity contribution is -0.138. The Morgan fingerprint density at radius 3 is 1.36 bits per heavy atom. The molecule has 0 fully saturated rings. The Bertz CT molecular complexity index is 334. The lowest BCUT2D eigenvalue weighted by Gasteiger charge is -1.99. The van der Waals surface area contributed by atoms with Gasteiger partial charge in [-0.25, -0.2) is 9.59 Å². The Balaban J connectivity index is 5.40. The Kier molecular flexibility index (Phi) is 4.44. The summed E-state index contributed by atoms with van der Waals surface area (Å²) in [4.78, 5) is 21.8. The van der Waals surface area contributed by atoms with E-state index in [1.54, 1.807) is 0 Å². The smallest absolute Gasteiger partial charge is 0.350 e. The van der Waals surface area contributed by atoms with Gasteiger partial charge in [-0.3, -0.25) is 0 Å². The van der Waals surface area contributed by atoms with Crippen LogP contribution in [0.3, 0.4) is 0 Å². The van der Waals surface area contributed by atoms with E-state index in [4.69, 9.17) is 10.5 Å². The van der Waals surface area contributed by atoms with Crippen LogP contribution < -0.4 is 0 Å². The van der Waals surface area contributed by atoms with Crippen molar-refractivity contribution in [1.82, 2.24) is 0 Å². The Morgan fingerprint density at radius 2 is 1.21 bits per heavy atom. The Labute approximate surface area is 79.9 Å². The van der Waals surface area contributed by atoms with Gasteiger partial charge in [0.1, 0.15) is 12.1 Å². The highest BCUT2D eigenvalue weighted by molar-refractivity contribution is 6.05. The Morgan fingerprint density at radius 1 is 0.929 bits per heavy atom. The van der Waals surface area contributed by atoms with Crippen molar-refractivity contribution in [3.8, 4) is 12.1 Å². The zero-order valence-electron chi connectivity index (χ0n) is 7.53. The molecule has 0 unspecified atom stereocenters. The molecule has 0 aromatic carbocycles. The number of methoxy groups -OCH3 is 2. The fraction of sp³-hybridized carbons (Fsp3) is 0.250. The van der Waals surface area contributed by atoms with E-state index in [1.165, 1.54) is 12.1 Å². The van der Waals surface area contributed by atoms with Gasteiger partial charge in [0.15, 0.2) is 11.1 Å². The van der Waals surface area contributed by atoms with Gasteiger partial charge in [0.25, 0.3) is 0 Å². The van der Waals surface area contributed by atoms with Crippen LogP contribution in [-0.2, 0) is 19.1 Å². The minimum Gasteiger partial charge on any atom is -0.465 e. The van der Waals surface area contributed by atoms with E-state index in [0.29, 0.717) is 0 Å². The van der Waals surface area contributed by atoms with Crippen LogP contribution in [0.2, 0.25) is 0 Å². The third-order valence-electron chi connectivity index (χ3n) is 1.25. The molecule has 0 aromatic rings. The summed E-state index contributed by atoms with van der Waals surface area (Å²) in [5.74, 6) is -2.09. The van der Waals surface area contributed by atoms with Crippen LogP contribution in [0.15, 0.2) is 11.1 Å². The second-order valence-electron chi connectivity index (χ2n) is 1.96. The summed E-state index contributed by atoms with van der Waals surface area (Å²) in [6.07, 6.45) is 0. The second kappa shape index (κ2) is 5.33. The van der Waals surface area contributed by atoms with Gasteiger partial charge in [-0.05, 0) is 0 Å². The summed E-state index contributed by atoms with van der Waals surface area (Å²) < 4.78 is 8.41. The number of nitrogens with zero attached hydrogens (tertiary/aromatic N) is 2. The van der Waals surface area contributed by atoms with Crippen molar-refractivity contribution in [3.05, 3.63) is 11.1 Å². The molecule has 0 radical (unpaired) electrons. The molecule has 0 spiro atoms. The van der Waals surface area contributed by atoms with Gasteiger partial charge in [0.2, 0.25) is 0 Å². The van der Waals surface area contributed by atoms with Crippen LogP contribution in [-0.4, -0.2) is 26.2 Å². The van der Waals surface area contributed by atoms with Crippen molar-refractivity contribution in [2.75, 3.05) is 14.2 Å².